The number of anilines is 4. The van der Waals surface area contributed by atoms with Crippen LogP contribution in [-0.2, 0) is 22.1 Å². The monoisotopic (exact) mass is 534 g/mol. The third-order valence-electron chi connectivity index (χ3n) is 7.05. The maximum Gasteiger partial charge on any atom is 0.419 e. The first kappa shape index (κ1) is 28.0. The number of piperazine rings is 1. The summed E-state index contributed by atoms with van der Waals surface area (Å²) < 4.78 is 46.4. The highest BCUT2D eigenvalue weighted by Crippen LogP contribution is 2.36. The Balaban J connectivity index is 1.44. The summed E-state index contributed by atoms with van der Waals surface area (Å²) in [5, 5.41) is 6.14. The van der Waals surface area contributed by atoms with Gasteiger partial charge in [0.2, 0.25) is 5.91 Å². The van der Waals surface area contributed by atoms with E-state index in [0.29, 0.717) is 45.0 Å². The lowest BCUT2D eigenvalue weighted by molar-refractivity contribution is -0.137. The first-order valence-electron chi connectivity index (χ1n) is 13.2. The molecule has 0 saturated carbocycles. The molecule has 0 radical (unpaired) electrons. The van der Waals surface area contributed by atoms with Crippen LogP contribution in [-0.4, -0.2) is 86.8 Å². The molecule has 2 aliphatic heterocycles. The molecule has 3 heterocycles. The third-order valence-corrected chi connectivity index (χ3v) is 7.05. The normalized spacial score (nSPS) is 17.4. The Morgan fingerprint density at radius 1 is 1.05 bits per heavy atom. The van der Waals surface area contributed by atoms with Gasteiger partial charge in [0.05, 0.1) is 30.9 Å². The van der Waals surface area contributed by atoms with Crippen molar-refractivity contribution < 1.29 is 22.7 Å². The van der Waals surface area contributed by atoms with Crippen molar-refractivity contribution >= 4 is 28.8 Å². The molecule has 0 aliphatic carbocycles. The van der Waals surface area contributed by atoms with Crippen molar-refractivity contribution in [3.8, 4) is 0 Å². The zero-order valence-corrected chi connectivity index (χ0v) is 22.1. The molecule has 0 unspecified atom stereocenters. The number of aryl methyl sites for hydroxylation is 1. The molecule has 0 spiro atoms. The Kier molecular flexibility index (Phi) is 9.32. The Morgan fingerprint density at radius 2 is 1.84 bits per heavy atom. The standard InChI is InChI=1S/C27H37F3N6O2/c1-3-20-17-21(35-12-10-34(2)11-13-35)5-6-23(20)33-25-18-24(22(19-32-25)27(28,29)30)31-8-4-9-36-14-16-38-15-7-26(36)37/h5-6,17-19H,3-4,7-16H2,1-2H3,(H2,31,32,33). The van der Waals surface area contributed by atoms with E-state index in [1.54, 1.807) is 4.90 Å². The van der Waals surface area contributed by atoms with E-state index in [-0.39, 0.29) is 18.1 Å². The van der Waals surface area contributed by atoms with Crippen molar-refractivity contribution in [3.63, 3.8) is 0 Å². The van der Waals surface area contributed by atoms with E-state index in [0.717, 1.165) is 55.7 Å². The van der Waals surface area contributed by atoms with E-state index < -0.39 is 11.7 Å². The maximum absolute atomic E-state index is 13.7. The molecule has 2 aliphatic rings. The van der Waals surface area contributed by atoms with Gasteiger partial charge in [-0.3, -0.25) is 4.79 Å². The van der Waals surface area contributed by atoms with Gasteiger partial charge in [-0.2, -0.15) is 13.2 Å². The van der Waals surface area contributed by atoms with E-state index in [1.165, 1.54) is 6.07 Å². The SMILES string of the molecule is CCc1cc(N2CCN(C)CC2)ccc1Nc1cc(NCCCN2CCOCCC2=O)c(C(F)(F)F)cn1. The Labute approximate surface area is 222 Å². The minimum Gasteiger partial charge on any atom is -0.384 e. The minimum absolute atomic E-state index is 0.0132. The second-order valence-corrected chi connectivity index (χ2v) is 9.75. The molecular weight excluding hydrogens is 497 g/mol. The van der Waals surface area contributed by atoms with Crippen molar-refractivity contribution in [2.45, 2.75) is 32.4 Å². The van der Waals surface area contributed by atoms with E-state index in [4.69, 9.17) is 4.74 Å². The summed E-state index contributed by atoms with van der Waals surface area (Å²) in [6.45, 7) is 8.14. The number of pyridine rings is 1. The summed E-state index contributed by atoms with van der Waals surface area (Å²) in [6.07, 6.45) is -2.05. The van der Waals surface area contributed by atoms with Crippen LogP contribution < -0.4 is 15.5 Å². The van der Waals surface area contributed by atoms with Crippen LogP contribution >= 0.6 is 0 Å². The number of ether oxygens (including phenoxy) is 1. The zero-order valence-electron chi connectivity index (χ0n) is 22.1. The number of hydrogen-bond donors (Lipinski definition) is 2. The summed E-state index contributed by atoms with van der Waals surface area (Å²) in [5.41, 5.74) is 2.20. The van der Waals surface area contributed by atoms with Gasteiger partial charge in [-0.05, 0) is 43.7 Å². The summed E-state index contributed by atoms with van der Waals surface area (Å²) in [5.74, 6) is 0.349. The Hall–Kier alpha value is -3.05. The van der Waals surface area contributed by atoms with Gasteiger partial charge in [-0.1, -0.05) is 6.92 Å². The van der Waals surface area contributed by atoms with Gasteiger partial charge >= 0.3 is 6.18 Å². The average molecular weight is 535 g/mol. The second kappa shape index (κ2) is 12.7. The van der Waals surface area contributed by atoms with Crippen molar-refractivity contribution in [2.24, 2.45) is 0 Å². The number of nitrogens with zero attached hydrogens (tertiary/aromatic N) is 4. The molecule has 0 atom stereocenters. The lowest BCUT2D eigenvalue weighted by Gasteiger charge is -2.34. The van der Waals surface area contributed by atoms with Crippen molar-refractivity contribution in [1.82, 2.24) is 14.8 Å². The number of hydrogen-bond acceptors (Lipinski definition) is 7. The summed E-state index contributed by atoms with van der Waals surface area (Å²) in [7, 11) is 2.12. The molecule has 11 heteroatoms. The van der Waals surface area contributed by atoms with Gasteiger partial charge in [-0.15, -0.1) is 0 Å². The molecule has 1 amide bonds. The van der Waals surface area contributed by atoms with Crippen LogP contribution in [0.1, 0.15) is 30.9 Å². The third kappa shape index (κ3) is 7.28. The number of benzene rings is 1. The van der Waals surface area contributed by atoms with E-state index in [1.807, 2.05) is 12.1 Å². The molecule has 4 rings (SSSR count). The van der Waals surface area contributed by atoms with Gasteiger partial charge in [0, 0.05) is 69.5 Å². The molecule has 2 N–H and O–H groups in total. The molecule has 2 saturated heterocycles. The molecule has 1 aromatic heterocycles. The number of amides is 1. The first-order chi connectivity index (χ1) is 18.2. The Morgan fingerprint density at radius 3 is 2.58 bits per heavy atom. The van der Waals surface area contributed by atoms with Crippen LogP contribution in [0.3, 0.4) is 0 Å². The lowest BCUT2D eigenvalue weighted by Crippen LogP contribution is -2.44. The highest BCUT2D eigenvalue weighted by atomic mass is 19.4. The number of rotatable bonds is 9. The molecule has 208 valence electrons. The van der Waals surface area contributed by atoms with Gasteiger partial charge < -0.3 is 30.1 Å². The zero-order chi connectivity index (χ0) is 27.1. The number of aromatic nitrogens is 1. The molecule has 1 aromatic carbocycles. The quantitative estimate of drug-likeness (QED) is 0.467. The lowest BCUT2D eigenvalue weighted by atomic mass is 10.1. The Bertz CT molecular complexity index is 1090. The fraction of sp³-hybridized carbons (Fsp3) is 0.556. The van der Waals surface area contributed by atoms with Crippen molar-refractivity contribution in [1.29, 1.82) is 0 Å². The smallest absolute Gasteiger partial charge is 0.384 e. The number of likely N-dealkylation sites (N-methyl/N-ethyl adjacent to an activating group) is 1. The largest absolute Gasteiger partial charge is 0.419 e. The van der Waals surface area contributed by atoms with Gasteiger partial charge in [-0.25, -0.2) is 4.98 Å². The topological polar surface area (TPSA) is 73.0 Å². The van der Waals surface area contributed by atoms with Crippen LogP contribution in [0.15, 0.2) is 30.5 Å². The van der Waals surface area contributed by atoms with Gasteiger partial charge in [0.25, 0.3) is 0 Å². The number of carbonyl (C=O) groups excluding carboxylic acids is 1. The van der Waals surface area contributed by atoms with Crippen LogP contribution in [0.5, 0.6) is 0 Å². The summed E-state index contributed by atoms with van der Waals surface area (Å²) in [4.78, 5) is 22.5. The van der Waals surface area contributed by atoms with Crippen LogP contribution in [0.4, 0.5) is 36.1 Å². The van der Waals surface area contributed by atoms with E-state index in [2.05, 4.69) is 45.5 Å². The van der Waals surface area contributed by atoms with Crippen molar-refractivity contribution in [2.75, 3.05) is 81.6 Å². The van der Waals surface area contributed by atoms with E-state index >= 15 is 0 Å². The van der Waals surface area contributed by atoms with Crippen LogP contribution in [0.25, 0.3) is 0 Å². The number of halogens is 3. The molecular formula is C27H37F3N6O2. The highest BCUT2D eigenvalue weighted by Gasteiger charge is 2.34. The molecule has 2 aromatic rings. The van der Waals surface area contributed by atoms with Crippen LogP contribution in [0.2, 0.25) is 0 Å². The molecule has 2 fully saturated rings. The van der Waals surface area contributed by atoms with Gasteiger partial charge in [0.15, 0.2) is 0 Å². The number of carbonyl (C=O) groups is 1. The molecule has 0 bridgehead atoms. The fourth-order valence-electron chi connectivity index (χ4n) is 4.74. The van der Waals surface area contributed by atoms with E-state index in [9.17, 15) is 18.0 Å². The summed E-state index contributed by atoms with van der Waals surface area (Å²) >= 11 is 0. The maximum atomic E-state index is 13.7. The predicted octanol–water partition coefficient (Wildman–Crippen LogP) is 4.21. The first-order valence-corrected chi connectivity index (χ1v) is 13.2. The van der Waals surface area contributed by atoms with Gasteiger partial charge in [0.1, 0.15) is 5.82 Å². The molecule has 8 nitrogen and oxygen atoms in total. The number of alkyl halides is 3. The van der Waals surface area contributed by atoms with Crippen LogP contribution in [0, 0.1) is 0 Å². The second-order valence-electron chi connectivity index (χ2n) is 9.75. The minimum atomic E-state index is -4.54. The number of nitrogens with one attached hydrogen (secondary N) is 2. The van der Waals surface area contributed by atoms with Crippen molar-refractivity contribution in [3.05, 3.63) is 41.6 Å². The highest BCUT2D eigenvalue weighted by molar-refractivity contribution is 5.76. The molecule has 38 heavy (non-hydrogen) atoms. The predicted molar refractivity (Wildman–Crippen MR) is 143 cm³/mol. The fourth-order valence-corrected chi connectivity index (χ4v) is 4.74. The average Bonchev–Trinajstić information content (AvgIpc) is 3.10. The summed E-state index contributed by atoms with van der Waals surface area (Å²) in [6, 6.07) is 7.57.